The molecule has 0 radical (unpaired) electrons. The van der Waals surface area contributed by atoms with Crippen molar-refractivity contribution in [2.24, 2.45) is 17.8 Å². The maximum absolute atomic E-state index is 3.79. The molecule has 4 atom stereocenters. The third-order valence-electron chi connectivity index (χ3n) is 5.59. The molecule has 2 rings (SSSR count). The second-order valence-corrected chi connectivity index (χ2v) is 7.95. The molecule has 0 bridgehead atoms. The molecule has 0 aromatic heterocycles. The molecule has 1 N–H and O–H groups in total. The summed E-state index contributed by atoms with van der Waals surface area (Å²) in [6.07, 6.45) is 5.54. The summed E-state index contributed by atoms with van der Waals surface area (Å²) in [7, 11) is 4.41. The van der Waals surface area contributed by atoms with Crippen molar-refractivity contribution in [3.05, 3.63) is 0 Å². The maximum Gasteiger partial charge on any atom is 0.0275 e. The number of likely N-dealkylation sites (tertiary alicyclic amines) is 1. The largest absolute Gasteiger partial charge is 0.313 e. The van der Waals surface area contributed by atoms with Gasteiger partial charge in [-0.2, -0.15) is 0 Å². The lowest BCUT2D eigenvalue weighted by molar-refractivity contribution is 0.0337. The van der Waals surface area contributed by atoms with Crippen molar-refractivity contribution in [3.8, 4) is 0 Å². The van der Waals surface area contributed by atoms with Gasteiger partial charge in [0.25, 0.3) is 0 Å². The topological polar surface area (TPSA) is 18.5 Å². The zero-order valence-corrected chi connectivity index (χ0v) is 14.9. The van der Waals surface area contributed by atoms with Crippen LogP contribution in [0.2, 0.25) is 0 Å². The predicted molar refractivity (Wildman–Crippen MR) is 91.7 cm³/mol. The average molecular weight is 296 g/mol. The summed E-state index contributed by atoms with van der Waals surface area (Å²) >= 11 is 0. The molecule has 1 aliphatic heterocycles. The average Bonchev–Trinajstić information content (AvgIpc) is 2.39. The number of hydrogen-bond acceptors (Lipinski definition) is 3. The highest BCUT2D eigenvalue weighted by Crippen LogP contribution is 2.34. The lowest BCUT2D eigenvalue weighted by Crippen LogP contribution is -2.58. The molecule has 124 valence electrons. The molecular formula is C18H37N3. The van der Waals surface area contributed by atoms with Gasteiger partial charge in [0.1, 0.15) is 0 Å². The van der Waals surface area contributed by atoms with Gasteiger partial charge < -0.3 is 10.2 Å². The summed E-state index contributed by atoms with van der Waals surface area (Å²) in [6, 6.07) is 1.47. The minimum Gasteiger partial charge on any atom is -0.313 e. The third kappa shape index (κ3) is 4.67. The highest BCUT2D eigenvalue weighted by atomic mass is 15.2. The van der Waals surface area contributed by atoms with Crippen molar-refractivity contribution in [1.82, 2.24) is 15.1 Å². The van der Waals surface area contributed by atoms with E-state index in [0.717, 1.165) is 30.3 Å². The van der Waals surface area contributed by atoms with E-state index in [1.807, 2.05) is 0 Å². The molecular weight excluding hydrogens is 258 g/mol. The van der Waals surface area contributed by atoms with Gasteiger partial charge in [0.15, 0.2) is 0 Å². The molecule has 0 amide bonds. The fraction of sp³-hybridized carbons (Fsp3) is 1.00. The summed E-state index contributed by atoms with van der Waals surface area (Å²) < 4.78 is 0. The van der Waals surface area contributed by atoms with Gasteiger partial charge >= 0.3 is 0 Å². The van der Waals surface area contributed by atoms with Crippen LogP contribution in [0.15, 0.2) is 0 Å². The first-order valence-corrected chi connectivity index (χ1v) is 9.13. The molecule has 0 aromatic rings. The molecule has 4 unspecified atom stereocenters. The van der Waals surface area contributed by atoms with Gasteiger partial charge in [-0.25, -0.2) is 0 Å². The smallest absolute Gasteiger partial charge is 0.0275 e. The van der Waals surface area contributed by atoms with Crippen LogP contribution < -0.4 is 5.32 Å². The Labute approximate surface area is 132 Å². The number of nitrogens with one attached hydrogen (secondary N) is 1. The Kier molecular flexibility index (Phi) is 6.51. The summed E-state index contributed by atoms with van der Waals surface area (Å²) in [5, 5.41) is 3.79. The van der Waals surface area contributed by atoms with E-state index in [1.165, 1.54) is 45.3 Å². The first-order valence-electron chi connectivity index (χ1n) is 9.13. The van der Waals surface area contributed by atoms with E-state index < -0.39 is 0 Å². The summed E-state index contributed by atoms with van der Waals surface area (Å²) in [5.74, 6) is 2.63. The molecule has 2 aliphatic rings. The van der Waals surface area contributed by atoms with Gasteiger partial charge in [-0.3, -0.25) is 4.90 Å². The van der Waals surface area contributed by atoms with Crippen LogP contribution in [0.1, 0.15) is 46.5 Å². The van der Waals surface area contributed by atoms with Crippen molar-refractivity contribution in [2.75, 3.05) is 40.3 Å². The van der Waals surface area contributed by atoms with Gasteiger partial charge in [-0.15, -0.1) is 0 Å². The Morgan fingerprint density at radius 1 is 1.10 bits per heavy atom. The van der Waals surface area contributed by atoms with Crippen LogP contribution in [0.25, 0.3) is 0 Å². The molecule has 1 saturated heterocycles. The normalized spacial score (nSPS) is 36.3. The Balaban J connectivity index is 1.93. The molecule has 3 nitrogen and oxygen atoms in total. The van der Waals surface area contributed by atoms with Crippen LogP contribution in [0.3, 0.4) is 0 Å². The SMILES string of the molecule is CCNC1CC(C)CC(C)C1N1CCC(CN(C)C)CC1. The quantitative estimate of drug-likeness (QED) is 0.841. The van der Waals surface area contributed by atoms with Gasteiger partial charge in [0.2, 0.25) is 0 Å². The van der Waals surface area contributed by atoms with Crippen LogP contribution in [0.4, 0.5) is 0 Å². The fourth-order valence-electron chi connectivity index (χ4n) is 4.87. The van der Waals surface area contributed by atoms with E-state index in [4.69, 9.17) is 0 Å². The Morgan fingerprint density at radius 3 is 2.33 bits per heavy atom. The second-order valence-electron chi connectivity index (χ2n) is 7.95. The minimum atomic E-state index is 0.708. The van der Waals surface area contributed by atoms with Crippen molar-refractivity contribution >= 4 is 0 Å². The lowest BCUT2D eigenvalue weighted by atomic mass is 9.75. The van der Waals surface area contributed by atoms with Crippen molar-refractivity contribution in [1.29, 1.82) is 0 Å². The van der Waals surface area contributed by atoms with E-state index in [9.17, 15) is 0 Å². The van der Waals surface area contributed by atoms with E-state index in [2.05, 4.69) is 50.0 Å². The number of rotatable bonds is 5. The lowest BCUT2D eigenvalue weighted by Gasteiger charge is -2.48. The van der Waals surface area contributed by atoms with Gasteiger partial charge in [-0.1, -0.05) is 20.8 Å². The Bertz CT molecular complexity index is 297. The molecule has 2 fully saturated rings. The van der Waals surface area contributed by atoms with E-state index >= 15 is 0 Å². The summed E-state index contributed by atoms with van der Waals surface area (Å²) in [6.45, 7) is 12.2. The van der Waals surface area contributed by atoms with E-state index in [0.29, 0.717) is 6.04 Å². The predicted octanol–water partition coefficient (Wildman–Crippen LogP) is 2.67. The van der Waals surface area contributed by atoms with Gasteiger partial charge in [0.05, 0.1) is 0 Å². The minimum absolute atomic E-state index is 0.708. The molecule has 21 heavy (non-hydrogen) atoms. The van der Waals surface area contributed by atoms with Crippen LogP contribution in [-0.2, 0) is 0 Å². The Morgan fingerprint density at radius 2 is 1.76 bits per heavy atom. The second kappa shape index (κ2) is 7.94. The van der Waals surface area contributed by atoms with E-state index in [-0.39, 0.29) is 0 Å². The molecule has 0 spiro atoms. The molecule has 1 aliphatic carbocycles. The molecule has 1 heterocycles. The number of piperidine rings is 1. The van der Waals surface area contributed by atoms with Crippen LogP contribution in [-0.4, -0.2) is 62.2 Å². The molecule has 3 heteroatoms. The standard InChI is InChI=1S/C18H37N3/c1-6-19-17-12-14(2)11-15(3)18(17)21-9-7-16(8-10-21)13-20(4)5/h14-19H,6-13H2,1-5H3. The zero-order valence-electron chi connectivity index (χ0n) is 14.9. The Hall–Kier alpha value is -0.120. The first-order chi connectivity index (χ1) is 10.0. The highest BCUT2D eigenvalue weighted by Gasteiger charge is 2.38. The van der Waals surface area contributed by atoms with Crippen molar-refractivity contribution in [2.45, 2.75) is 58.5 Å². The van der Waals surface area contributed by atoms with Crippen LogP contribution >= 0.6 is 0 Å². The monoisotopic (exact) mass is 295 g/mol. The first kappa shape index (κ1) is 17.2. The molecule has 0 aromatic carbocycles. The third-order valence-corrected chi connectivity index (χ3v) is 5.59. The number of nitrogens with zero attached hydrogens (tertiary/aromatic N) is 2. The van der Waals surface area contributed by atoms with Crippen LogP contribution in [0, 0.1) is 17.8 Å². The number of likely N-dealkylation sites (N-methyl/N-ethyl adjacent to an activating group) is 1. The van der Waals surface area contributed by atoms with Crippen molar-refractivity contribution in [3.63, 3.8) is 0 Å². The number of hydrogen-bond donors (Lipinski definition) is 1. The van der Waals surface area contributed by atoms with Crippen molar-refractivity contribution < 1.29 is 0 Å². The molecule has 1 saturated carbocycles. The van der Waals surface area contributed by atoms with Gasteiger partial charge in [-0.05, 0) is 77.2 Å². The van der Waals surface area contributed by atoms with E-state index in [1.54, 1.807) is 0 Å². The van der Waals surface area contributed by atoms with Gasteiger partial charge in [0, 0.05) is 18.6 Å². The highest BCUT2D eigenvalue weighted by molar-refractivity contribution is 4.95. The zero-order chi connectivity index (χ0) is 15.4. The van der Waals surface area contributed by atoms with Crippen LogP contribution in [0.5, 0.6) is 0 Å². The fourth-order valence-corrected chi connectivity index (χ4v) is 4.87. The maximum atomic E-state index is 3.79. The summed E-state index contributed by atoms with van der Waals surface area (Å²) in [5.41, 5.74) is 0. The summed E-state index contributed by atoms with van der Waals surface area (Å²) in [4.78, 5) is 5.17.